The fourth-order valence-electron chi connectivity index (χ4n) is 1.79. The highest BCUT2D eigenvalue weighted by Crippen LogP contribution is 2.26. The first-order chi connectivity index (χ1) is 8.93. The summed E-state index contributed by atoms with van der Waals surface area (Å²) in [6.45, 7) is 13.1. The van der Waals surface area contributed by atoms with Crippen molar-refractivity contribution in [3.8, 4) is 0 Å². The molecule has 1 N–H and O–H groups in total. The molecule has 0 radical (unpaired) electrons. The number of aromatic nitrogens is 1. The molecule has 3 nitrogen and oxygen atoms in total. The van der Waals surface area contributed by atoms with Gasteiger partial charge in [0.25, 0.3) is 0 Å². The highest BCUT2D eigenvalue weighted by atomic mass is 32.1. The second-order valence-corrected chi connectivity index (χ2v) is 6.92. The molecule has 0 bridgehead atoms. The second kappa shape index (κ2) is 7.85. The van der Waals surface area contributed by atoms with E-state index in [1.165, 1.54) is 17.0 Å². The standard InChI is InChI=1S/C15H29N3S/c1-7-13-14(10-16-12(4)5)19-15(17-13)18(6)9-8-11(2)3/h11-12,16H,7-10H2,1-6H3. The third kappa shape index (κ3) is 5.49. The van der Waals surface area contributed by atoms with Gasteiger partial charge in [-0.3, -0.25) is 0 Å². The van der Waals surface area contributed by atoms with Crippen LogP contribution in [0.5, 0.6) is 0 Å². The lowest BCUT2D eigenvalue weighted by Crippen LogP contribution is -2.21. The molecule has 4 heteroatoms. The van der Waals surface area contributed by atoms with Crippen molar-refractivity contribution in [1.29, 1.82) is 0 Å². The molecule has 1 aromatic heterocycles. The van der Waals surface area contributed by atoms with Gasteiger partial charge >= 0.3 is 0 Å². The summed E-state index contributed by atoms with van der Waals surface area (Å²) in [7, 11) is 2.15. The zero-order valence-electron chi connectivity index (χ0n) is 13.3. The van der Waals surface area contributed by atoms with E-state index in [0.717, 1.165) is 30.6 Å². The minimum absolute atomic E-state index is 0.522. The smallest absolute Gasteiger partial charge is 0.185 e. The average Bonchev–Trinajstić information content (AvgIpc) is 2.76. The molecule has 0 spiro atoms. The number of anilines is 1. The molecule has 110 valence electrons. The fraction of sp³-hybridized carbons (Fsp3) is 0.800. The molecule has 0 saturated carbocycles. The Labute approximate surface area is 122 Å². The van der Waals surface area contributed by atoms with Crippen LogP contribution in [0.2, 0.25) is 0 Å². The molecule has 0 unspecified atom stereocenters. The maximum absolute atomic E-state index is 4.79. The summed E-state index contributed by atoms with van der Waals surface area (Å²) in [5, 5.41) is 4.66. The number of thiazole rings is 1. The Bertz CT molecular complexity index is 371. The minimum atomic E-state index is 0.522. The lowest BCUT2D eigenvalue weighted by Gasteiger charge is -2.16. The van der Waals surface area contributed by atoms with Gasteiger partial charge in [-0.1, -0.05) is 34.6 Å². The first-order valence-corrected chi connectivity index (χ1v) is 8.18. The molecule has 0 amide bonds. The molecule has 0 aliphatic carbocycles. The molecule has 0 aliphatic heterocycles. The van der Waals surface area contributed by atoms with Crippen molar-refractivity contribution in [2.24, 2.45) is 5.92 Å². The maximum atomic E-state index is 4.79. The molecule has 0 aliphatic rings. The van der Waals surface area contributed by atoms with Crippen LogP contribution in [0.4, 0.5) is 5.13 Å². The van der Waals surface area contributed by atoms with E-state index in [1.54, 1.807) is 0 Å². The van der Waals surface area contributed by atoms with Gasteiger partial charge in [-0.25, -0.2) is 4.98 Å². The Hall–Kier alpha value is -0.610. The number of nitrogens with zero attached hydrogens (tertiary/aromatic N) is 2. The number of nitrogens with one attached hydrogen (secondary N) is 1. The number of hydrogen-bond acceptors (Lipinski definition) is 4. The highest BCUT2D eigenvalue weighted by Gasteiger charge is 2.13. The minimum Gasteiger partial charge on any atom is -0.351 e. The molecule has 0 aromatic carbocycles. The highest BCUT2D eigenvalue weighted by molar-refractivity contribution is 7.15. The molecule has 1 rings (SSSR count). The largest absolute Gasteiger partial charge is 0.351 e. The van der Waals surface area contributed by atoms with Crippen LogP contribution >= 0.6 is 11.3 Å². The third-order valence-corrected chi connectivity index (χ3v) is 4.35. The Morgan fingerprint density at radius 3 is 2.47 bits per heavy atom. The molecule has 1 heterocycles. The third-order valence-electron chi connectivity index (χ3n) is 3.14. The summed E-state index contributed by atoms with van der Waals surface area (Å²) in [4.78, 5) is 8.47. The van der Waals surface area contributed by atoms with E-state index in [4.69, 9.17) is 4.98 Å². The van der Waals surface area contributed by atoms with Gasteiger partial charge in [-0.2, -0.15) is 0 Å². The number of rotatable bonds is 8. The van der Waals surface area contributed by atoms with Crippen LogP contribution in [-0.4, -0.2) is 24.6 Å². The number of hydrogen-bond donors (Lipinski definition) is 1. The van der Waals surface area contributed by atoms with Crippen LogP contribution < -0.4 is 10.2 Å². The predicted molar refractivity (Wildman–Crippen MR) is 86.2 cm³/mol. The van der Waals surface area contributed by atoms with E-state index in [9.17, 15) is 0 Å². The van der Waals surface area contributed by atoms with Crippen LogP contribution in [0.25, 0.3) is 0 Å². The van der Waals surface area contributed by atoms with E-state index < -0.39 is 0 Å². The van der Waals surface area contributed by atoms with Crippen LogP contribution in [-0.2, 0) is 13.0 Å². The maximum Gasteiger partial charge on any atom is 0.185 e. The Morgan fingerprint density at radius 2 is 1.95 bits per heavy atom. The average molecular weight is 283 g/mol. The van der Waals surface area contributed by atoms with Crippen molar-refractivity contribution in [3.05, 3.63) is 10.6 Å². The van der Waals surface area contributed by atoms with E-state index in [1.807, 2.05) is 11.3 Å². The van der Waals surface area contributed by atoms with Gasteiger partial charge in [0.1, 0.15) is 0 Å². The summed E-state index contributed by atoms with van der Waals surface area (Å²) in [5.41, 5.74) is 1.25. The first-order valence-electron chi connectivity index (χ1n) is 7.37. The van der Waals surface area contributed by atoms with Crippen molar-refractivity contribution in [3.63, 3.8) is 0 Å². The van der Waals surface area contributed by atoms with Gasteiger partial charge in [0, 0.05) is 31.1 Å². The molecule has 0 saturated heterocycles. The van der Waals surface area contributed by atoms with Gasteiger partial charge in [0.2, 0.25) is 0 Å². The quantitative estimate of drug-likeness (QED) is 0.789. The summed E-state index contributed by atoms with van der Waals surface area (Å²) < 4.78 is 0. The van der Waals surface area contributed by atoms with E-state index >= 15 is 0 Å². The lowest BCUT2D eigenvalue weighted by molar-refractivity contribution is 0.584. The Kier molecular flexibility index (Phi) is 6.80. The van der Waals surface area contributed by atoms with Crippen LogP contribution in [0, 0.1) is 5.92 Å². The summed E-state index contributed by atoms with van der Waals surface area (Å²) >= 11 is 1.84. The first kappa shape index (κ1) is 16.4. The van der Waals surface area contributed by atoms with Crippen LogP contribution in [0.15, 0.2) is 0 Å². The van der Waals surface area contributed by atoms with Crippen molar-refractivity contribution < 1.29 is 0 Å². The second-order valence-electron chi connectivity index (χ2n) is 5.86. The SMILES string of the molecule is CCc1nc(N(C)CCC(C)C)sc1CNC(C)C. The summed E-state index contributed by atoms with van der Waals surface area (Å²) in [6, 6.07) is 0.522. The molecule has 0 atom stereocenters. The van der Waals surface area contributed by atoms with E-state index in [0.29, 0.717) is 6.04 Å². The van der Waals surface area contributed by atoms with E-state index in [-0.39, 0.29) is 0 Å². The van der Waals surface area contributed by atoms with Gasteiger partial charge < -0.3 is 10.2 Å². The summed E-state index contributed by atoms with van der Waals surface area (Å²) in [5.74, 6) is 0.745. The molecule has 19 heavy (non-hydrogen) atoms. The number of aryl methyl sites for hydroxylation is 1. The van der Waals surface area contributed by atoms with Gasteiger partial charge in [-0.05, 0) is 18.8 Å². The Balaban J connectivity index is 2.68. The van der Waals surface area contributed by atoms with Crippen molar-refractivity contribution in [2.75, 3.05) is 18.5 Å². The van der Waals surface area contributed by atoms with Gasteiger partial charge in [0.15, 0.2) is 5.13 Å². The van der Waals surface area contributed by atoms with Crippen molar-refractivity contribution in [2.45, 2.75) is 60.0 Å². The predicted octanol–water partition coefficient (Wildman–Crippen LogP) is 3.69. The molecular formula is C15H29N3S. The monoisotopic (exact) mass is 283 g/mol. The zero-order chi connectivity index (χ0) is 14.4. The molecule has 1 aromatic rings. The van der Waals surface area contributed by atoms with Crippen molar-refractivity contribution in [1.82, 2.24) is 10.3 Å². The lowest BCUT2D eigenvalue weighted by atomic mass is 10.1. The van der Waals surface area contributed by atoms with E-state index in [2.05, 4.69) is 51.9 Å². The fourth-order valence-corrected chi connectivity index (χ4v) is 2.88. The topological polar surface area (TPSA) is 28.2 Å². The van der Waals surface area contributed by atoms with Crippen molar-refractivity contribution >= 4 is 16.5 Å². The van der Waals surface area contributed by atoms with Gasteiger partial charge in [0.05, 0.1) is 5.69 Å². The summed E-state index contributed by atoms with van der Waals surface area (Å²) in [6.07, 6.45) is 2.24. The molecule has 0 fully saturated rings. The van der Waals surface area contributed by atoms with Crippen LogP contribution in [0.1, 0.15) is 51.6 Å². The van der Waals surface area contributed by atoms with Crippen LogP contribution in [0.3, 0.4) is 0 Å². The zero-order valence-corrected chi connectivity index (χ0v) is 14.1. The van der Waals surface area contributed by atoms with Gasteiger partial charge in [-0.15, -0.1) is 11.3 Å². The molecular weight excluding hydrogens is 254 g/mol. The Morgan fingerprint density at radius 1 is 1.26 bits per heavy atom. The normalized spacial score (nSPS) is 11.6.